The Bertz CT molecular complexity index is 1210. The Morgan fingerprint density at radius 3 is 2.03 bits per heavy atom. The first kappa shape index (κ1) is 30.4. The Balaban J connectivity index is 0.00000235. The second kappa shape index (κ2) is 13.1. The lowest BCUT2D eigenvalue weighted by Crippen LogP contribution is -2.41. The number of hydrogen-bond acceptors (Lipinski definition) is 4. The highest BCUT2D eigenvalue weighted by Gasteiger charge is 2.22. The molecule has 3 rings (SSSR count). The number of nitrogens with one attached hydrogen (secondary N) is 2. The summed E-state index contributed by atoms with van der Waals surface area (Å²) in [4.78, 5) is 26.8. The van der Waals surface area contributed by atoms with Crippen LogP contribution in [0, 0.1) is 0 Å². The molecule has 0 heterocycles. The summed E-state index contributed by atoms with van der Waals surface area (Å²) in [6, 6.07) is 19.2. The number of carbonyl (C=O) groups excluding carboxylic acids is 2. The van der Waals surface area contributed by atoms with Crippen molar-refractivity contribution in [3.8, 4) is 0 Å². The molecule has 0 saturated heterocycles. The molecule has 0 radical (unpaired) electrons. The molecule has 6 heteroatoms. The van der Waals surface area contributed by atoms with Gasteiger partial charge in [-0.25, -0.2) is 0 Å². The molecule has 0 saturated carbocycles. The number of aliphatic hydroxyl groups excluding tert-OH is 1. The average molecular weight is 523 g/mol. The van der Waals surface area contributed by atoms with Crippen molar-refractivity contribution in [3.63, 3.8) is 0 Å². The Morgan fingerprint density at radius 2 is 1.38 bits per heavy atom. The molecule has 0 spiro atoms. The topological polar surface area (TPSA) is 78.4 Å². The summed E-state index contributed by atoms with van der Waals surface area (Å²) < 4.78 is 0. The van der Waals surface area contributed by atoms with E-state index in [4.69, 9.17) is 0 Å². The smallest absolute Gasteiger partial charge is 0.253 e. The quantitative estimate of drug-likeness (QED) is 0.305. The lowest BCUT2D eigenvalue weighted by Gasteiger charge is -2.23. The van der Waals surface area contributed by atoms with Gasteiger partial charge in [-0.2, -0.15) is 0 Å². The van der Waals surface area contributed by atoms with Crippen LogP contribution in [0.15, 0.2) is 65.6 Å². The van der Waals surface area contributed by atoms with Crippen LogP contribution in [-0.4, -0.2) is 39.9 Å². The van der Waals surface area contributed by atoms with E-state index in [2.05, 4.69) is 10.6 Å². The number of rotatable bonds is 7. The van der Waals surface area contributed by atoms with Crippen LogP contribution in [0.25, 0.3) is 10.8 Å². The molecule has 3 N–H and O–H groups in total. The molecule has 0 aliphatic carbocycles. The first-order valence-electron chi connectivity index (χ1n) is 12.9. The minimum Gasteiger partial charge on any atom is -0.392 e. The van der Waals surface area contributed by atoms with Gasteiger partial charge in [-0.05, 0) is 76.4 Å². The van der Waals surface area contributed by atoms with E-state index in [1.54, 1.807) is 6.07 Å². The van der Waals surface area contributed by atoms with Crippen LogP contribution in [0.1, 0.15) is 81.7 Å². The van der Waals surface area contributed by atoms with Crippen molar-refractivity contribution in [2.45, 2.75) is 83.9 Å². The predicted molar refractivity (Wildman–Crippen MR) is 157 cm³/mol. The zero-order valence-corrected chi connectivity index (χ0v) is 24.3. The van der Waals surface area contributed by atoms with E-state index in [1.807, 2.05) is 110 Å². The second-order valence-electron chi connectivity index (χ2n) is 10.9. The monoisotopic (exact) mass is 522 g/mol. The van der Waals surface area contributed by atoms with Gasteiger partial charge in [0.2, 0.25) is 0 Å². The Morgan fingerprint density at radius 1 is 0.811 bits per heavy atom. The highest BCUT2D eigenvalue weighted by atomic mass is 32.2. The lowest BCUT2D eigenvalue weighted by atomic mass is 10.00. The van der Waals surface area contributed by atoms with Crippen molar-refractivity contribution in [1.29, 1.82) is 0 Å². The van der Waals surface area contributed by atoms with Crippen LogP contribution in [-0.2, 0) is 6.42 Å². The Hall–Kier alpha value is -2.83. The zero-order valence-electron chi connectivity index (χ0n) is 23.4. The molecule has 1 atom stereocenters. The Kier molecular flexibility index (Phi) is 10.8. The van der Waals surface area contributed by atoms with Gasteiger partial charge in [0.1, 0.15) is 0 Å². The van der Waals surface area contributed by atoms with Gasteiger partial charge in [0.15, 0.2) is 0 Å². The van der Waals surface area contributed by atoms with Crippen LogP contribution in [0.3, 0.4) is 0 Å². The maximum atomic E-state index is 13.2. The fraction of sp³-hybridized carbons (Fsp3) is 0.419. The molecule has 2 amide bonds. The zero-order chi connectivity index (χ0) is 27.8. The van der Waals surface area contributed by atoms with Crippen molar-refractivity contribution in [3.05, 3.63) is 77.4 Å². The summed E-state index contributed by atoms with van der Waals surface area (Å²) in [5.74, 6) is 0.114. The fourth-order valence-electron chi connectivity index (χ4n) is 3.84. The van der Waals surface area contributed by atoms with Gasteiger partial charge >= 0.3 is 0 Å². The van der Waals surface area contributed by atoms with Crippen molar-refractivity contribution < 1.29 is 14.7 Å². The van der Waals surface area contributed by atoms with Gasteiger partial charge in [0.25, 0.3) is 11.8 Å². The first-order chi connectivity index (χ1) is 17.3. The number of aliphatic hydroxyl groups is 1. The molecule has 0 fully saturated rings. The van der Waals surface area contributed by atoms with Gasteiger partial charge in [-0.1, -0.05) is 62.4 Å². The summed E-state index contributed by atoms with van der Waals surface area (Å²) in [7, 11) is 0. The molecule has 0 aliphatic rings. The molecule has 0 aliphatic heterocycles. The minimum absolute atomic E-state index is 0.129. The van der Waals surface area contributed by atoms with E-state index in [-0.39, 0.29) is 22.9 Å². The highest BCUT2D eigenvalue weighted by Crippen LogP contribution is 2.31. The molecule has 1 unspecified atom stereocenters. The van der Waals surface area contributed by atoms with Crippen LogP contribution in [0.4, 0.5) is 0 Å². The highest BCUT2D eigenvalue weighted by molar-refractivity contribution is 7.99. The molecular weight excluding hydrogens is 480 g/mol. The van der Waals surface area contributed by atoms with Gasteiger partial charge in [0, 0.05) is 27.3 Å². The minimum atomic E-state index is -0.686. The van der Waals surface area contributed by atoms with Crippen LogP contribution in [0.2, 0.25) is 0 Å². The van der Waals surface area contributed by atoms with Gasteiger partial charge in [-0.15, -0.1) is 11.8 Å². The molecule has 3 aromatic carbocycles. The molecule has 200 valence electrons. The number of amides is 2. The van der Waals surface area contributed by atoms with Crippen molar-refractivity contribution in [2.24, 2.45) is 0 Å². The predicted octanol–water partition coefficient (Wildman–Crippen LogP) is 6.62. The largest absolute Gasteiger partial charge is 0.392 e. The lowest BCUT2D eigenvalue weighted by molar-refractivity contribution is 0.0908. The summed E-state index contributed by atoms with van der Waals surface area (Å²) >= 11 is 1.46. The summed E-state index contributed by atoms with van der Waals surface area (Å²) in [5.41, 5.74) is 1.28. The molecular formula is C31H42N2O3S. The third-order valence-corrected chi connectivity index (χ3v) is 6.45. The maximum Gasteiger partial charge on any atom is 0.253 e. The van der Waals surface area contributed by atoms with Crippen molar-refractivity contribution >= 4 is 34.3 Å². The van der Waals surface area contributed by atoms with Crippen molar-refractivity contribution in [1.82, 2.24) is 10.6 Å². The van der Waals surface area contributed by atoms with E-state index in [0.29, 0.717) is 23.3 Å². The molecule has 0 bridgehead atoms. The molecule has 5 nitrogen and oxygen atoms in total. The Labute approximate surface area is 226 Å². The summed E-state index contributed by atoms with van der Waals surface area (Å²) in [6.07, 6.45) is -0.341. The number of hydrogen-bond donors (Lipinski definition) is 3. The maximum absolute atomic E-state index is 13.2. The summed E-state index contributed by atoms with van der Waals surface area (Å²) in [5, 5.41) is 18.8. The summed E-state index contributed by atoms with van der Waals surface area (Å²) in [6.45, 7) is 15.7. The van der Waals surface area contributed by atoms with Crippen LogP contribution >= 0.6 is 11.8 Å². The normalized spacial score (nSPS) is 12.4. The molecule has 37 heavy (non-hydrogen) atoms. The van der Waals surface area contributed by atoms with E-state index in [9.17, 15) is 14.7 Å². The first-order valence-corrected chi connectivity index (χ1v) is 13.9. The third kappa shape index (κ3) is 9.20. The van der Waals surface area contributed by atoms with Crippen LogP contribution < -0.4 is 10.6 Å². The van der Waals surface area contributed by atoms with Crippen LogP contribution in [0.5, 0.6) is 0 Å². The number of fused-ring (bicyclic) bond motifs is 1. The second-order valence-corrected chi connectivity index (χ2v) is 12.0. The molecule has 0 aromatic heterocycles. The average Bonchev–Trinajstić information content (AvgIpc) is 2.81. The van der Waals surface area contributed by atoms with Gasteiger partial charge < -0.3 is 15.7 Å². The van der Waals surface area contributed by atoms with E-state index in [0.717, 1.165) is 21.2 Å². The van der Waals surface area contributed by atoms with E-state index < -0.39 is 6.10 Å². The molecule has 3 aromatic rings. The standard InChI is InChI=1S/C29H36N2O3S.C2H6/c1-28(2,3)30-26(33)23-14-10-8-12-20(23)17-21(32)18-35-24-16-15-19-11-7-9-13-22(19)25(24)27(34)31-29(4,5)6;1-2/h7-16,21,32H,17-18H2,1-6H3,(H,30,33)(H,31,34);1-2H3. The van der Waals surface area contributed by atoms with E-state index >= 15 is 0 Å². The van der Waals surface area contributed by atoms with Gasteiger partial charge in [-0.3, -0.25) is 9.59 Å². The number of carbonyl (C=O) groups is 2. The fourth-order valence-corrected chi connectivity index (χ4v) is 4.84. The van der Waals surface area contributed by atoms with Crippen molar-refractivity contribution in [2.75, 3.05) is 5.75 Å². The van der Waals surface area contributed by atoms with Gasteiger partial charge in [0.05, 0.1) is 11.7 Å². The number of thioether (sulfide) groups is 1. The SMILES string of the molecule is CC.CC(C)(C)NC(=O)c1ccccc1CC(O)CSc1ccc2ccccc2c1C(=O)NC(C)(C)C. The van der Waals surface area contributed by atoms with E-state index in [1.165, 1.54) is 11.8 Å². The number of benzene rings is 3. The third-order valence-electron chi connectivity index (χ3n) is 5.24.